The van der Waals surface area contributed by atoms with Gasteiger partial charge in [-0.05, 0) is 38.1 Å². The molecule has 0 aliphatic heterocycles. The molecule has 5 nitrogen and oxygen atoms in total. The first kappa shape index (κ1) is 15.6. The van der Waals surface area contributed by atoms with E-state index in [1.807, 2.05) is 6.07 Å². The van der Waals surface area contributed by atoms with Gasteiger partial charge in [-0.25, -0.2) is 4.79 Å². The number of hydrogen-bond acceptors (Lipinski definition) is 5. The molecule has 3 N–H and O–H groups in total. The Labute approximate surface area is 126 Å². The minimum absolute atomic E-state index is 0.403. The highest BCUT2D eigenvalue weighted by Gasteiger charge is 2.18. The van der Waals surface area contributed by atoms with E-state index in [9.17, 15) is 4.79 Å². The van der Waals surface area contributed by atoms with Crippen molar-refractivity contribution < 1.29 is 9.53 Å². The number of carbonyl (C=O) groups is 1. The Morgan fingerprint density at radius 3 is 2.81 bits per heavy atom. The lowest BCUT2D eigenvalue weighted by Gasteiger charge is -2.24. The molecule has 1 aromatic rings. The summed E-state index contributed by atoms with van der Waals surface area (Å²) < 4.78 is 4.73. The highest BCUT2D eigenvalue weighted by atomic mass is 16.5. The summed E-state index contributed by atoms with van der Waals surface area (Å²) in [4.78, 5) is 14.0. The van der Waals surface area contributed by atoms with Crippen LogP contribution in [-0.4, -0.2) is 44.2 Å². The first-order valence-electron chi connectivity index (χ1n) is 7.53. The molecular formula is C16H25N3O2. The average molecular weight is 291 g/mol. The monoisotopic (exact) mass is 291 g/mol. The van der Waals surface area contributed by atoms with Gasteiger partial charge < -0.3 is 20.7 Å². The van der Waals surface area contributed by atoms with Crippen molar-refractivity contribution in [3.8, 4) is 0 Å². The van der Waals surface area contributed by atoms with Crippen LogP contribution in [0.1, 0.15) is 36.0 Å². The number of methoxy groups -OCH3 is 1. The highest BCUT2D eigenvalue weighted by molar-refractivity contribution is 5.96. The number of nitrogens with one attached hydrogen (secondary N) is 1. The van der Waals surface area contributed by atoms with E-state index in [2.05, 4.69) is 17.3 Å². The maximum Gasteiger partial charge on any atom is 0.340 e. The van der Waals surface area contributed by atoms with Crippen LogP contribution in [0.5, 0.6) is 0 Å². The van der Waals surface area contributed by atoms with Gasteiger partial charge in [0, 0.05) is 30.5 Å². The van der Waals surface area contributed by atoms with Gasteiger partial charge >= 0.3 is 5.97 Å². The van der Waals surface area contributed by atoms with E-state index in [1.165, 1.54) is 32.8 Å². The van der Waals surface area contributed by atoms with E-state index >= 15 is 0 Å². The number of hydrogen-bond donors (Lipinski definition) is 2. The van der Waals surface area contributed by atoms with E-state index in [0.29, 0.717) is 11.3 Å². The van der Waals surface area contributed by atoms with E-state index in [0.717, 1.165) is 24.8 Å². The van der Waals surface area contributed by atoms with Crippen molar-refractivity contribution in [3.05, 3.63) is 23.8 Å². The molecule has 0 aromatic heterocycles. The summed E-state index contributed by atoms with van der Waals surface area (Å²) in [6.45, 7) is 1.83. The standard InChI is InChI=1S/C16H25N3O2/c1-19(13-5-3-4-6-13)10-9-18-12-7-8-15(17)14(11-12)16(20)21-2/h7-8,11,13,18H,3-6,9-10,17H2,1-2H3. The van der Waals surface area contributed by atoms with Crippen molar-refractivity contribution in [3.63, 3.8) is 0 Å². The molecule has 1 aliphatic rings. The number of nitrogens with two attached hydrogens (primary N) is 1. The molecule has 0 atom stereocenters. The fourth-order valence-electron chi connectivity index (χ4n) is 2.86. The number of anilines is 2. The molecule has 1 saturated carbocycles. The molecule has 21 heavy (non-hydrogen) atoms. The lowest BCUT2D eigenvalue weighted by atomic mass is 10.1. The number of benzene rings is 1. The van der Waals surface area contributed by atoms with Crippen LogP contribution in [0.25, 0.3) is 0 Å². The Hall–Kier alpha value is -1.75. The molecule has 1 aromatic carbocycles. The molecule has 0 bridgehead atoms. The fraction of sp³-hybridized carbons (Fsp3) is 0.562. The number of ether oxygens (including phenoxy) is 1. The predicted octanol–water partition coefficient (Wildman–Crippen LogP) is 2.34. The zero-order valence-corrected chi connectivity index (χ0v) is 12.9. The van der Waals surface area contributed by atoms with E-state index in [-0.39, 0.29) is 0 Å². The first-order valence-corrected chi connectivity index (χ1v) is 7.53. The van der Waals surface area contributed by atoms with Gasteiger partial charge in [0.05, 0.1) is 12.7 Å². The predicted molar refractivity (Wildman–Crippen MR) is 85.6 cm³/mol. The van der Waals surface area contributed by atoms with Crippen LogP contribution >= 0.6 is 0 Å². The number of rotatable bonds is 6. The maximum atomic E-state index is 11.6. The highest BCUT2D eigenvalue weighted by Crippen LogP contribution is 2.22. The van der Waals surface area contributed by atoms with Gasteiger partial charge in [0.2, 0.25) is 0 Å². The lowest BCUT2D eigenvalue weighted by molar-refractivity contribution is 0.0602. The molecule has 0 unspecified atom stereocenters. The van der Waals surface area contributed by atoms with Gasteiger partial charge in [-0.1, -0.05) is 12.8 Å². The quantitative estimate of drug-likeness (QED) is 0.622. The number of carbonyl (C=O) groups excluding carboxylic acids is 1. The first-order chi connectivity index (χ1) is 10.1. The Balaban J connectivity index is 1.86. The molecule has 0 heterocycles. The zero-order valence-electron chi connectivity index (χ0n) is 12.9. The Kier molecular flexibility index (Phi) is 5.44. The summed E-state index contributed by atoms with van der Waals surface area (Å²) in [7, 11) is 3.54. The molecule has 2 rings (SSSR count). The third kappa shape index (κ3) is 4.11. The van der Waals surface area contributed by atoms with Crippen molar-refractivity contribution >= 4 is 17.3 Å². The average Bonchev–Trinajstić information content (AvgIpc) is 3.02. The third-order valence-electron chi connectivity index (χ3n) is 4.20. The van der Waals surface area contributed by atoms with Crippen molar-refractivity contribution in [1.29, 1.82) is 0 Å². The van der Waals surface area contributed by atoms with Gasteiger partial charge in [-0.2, -0.15) is 0 Å². The Morgan fingerprint density at radius 2 is 2.14 bits per heavy atom. The van der Waals surface area contributed by atoms with E-state index in [4.69, 9.17) is 10.5 Å². The van der Waals surface area contributed by atoms with Crippen molar-refractivity contribution in [2.24, 2.45) is 0 Å². The molecule has 0 amide bonds. The molecule has 1 fully saturated rings. The van der Waals surface area contributed by atoms with Crippen molar-refractivity contribution in [2.75, 3.05) is 38.3 Å². The largest absolute Gasteiger partial charge is 0.465 e. The minimum atomic E-state index is -0.403. The van der Waals surface area contributed by atoms with Gasteiger partial charge in [0.1, 0.15) is 0 Å². The van der Waals surface area contributed by atoms with Crippen molar-refractivity contribution in [1.82, 2.24) is 4.90 Å². The lowest BCUT2D eigenvalue weighted by Crippen LogP contribution is -2.33. The van der Waals surface area contributed by atoms with E-state index in [1.54, 1.807) is 12.1 Å². The van der Waals surface area contributed by atoms with Crippen LogP contribution < -0.4 is 11.1 Å². The maximum absolute atomic E-state index is 11.6. The van der Waals surface area contributed by atoms with Crippen LogP contribution in [0.15, 0.2) is 18.2 Å². The van der Waals surface area contributed by atoms with Gasteiger partial charge in [0.15, 0.2) is 0 Å². The fourth-order valence-corrected chi connectivity index (χ4v) is 2.86. The second kappa shape index (κ2) is 7.31. The second-order valence-electron chi connectivity index (χ2n) is 5.64. The summed E-state index contributed by atoms with van der Waals surface area (Å²) in [6.07, 6.45) is 5.32. The van der Waals surface area contributed by atoms with Crippen LogP contribution in [0, 0.1) is 0 Å². The zero-order chi connectivity index (χ0) is 15.2. The number of esters is 1. The van der Waals surface area contributed by atoms with Crippen LogP contribution in [0.2, 0.25) is 0 Å². The number of likely N-dealkylation sites (N-methyl/N-ethyl adjacent to an activating group) is 1. The molecular weight excluding hydrogens is 266 g/mol. The molecule has 5 heteroatoms. The summed E-state index contributed by atoms with van der Waals surface area (Å²) >= 11 is 0. The second-order valence-corrected chi connectivity index (χ2v) is 5.64. The van der Waals surface area contributed by atoms with Gasteiger partial charge in [-0.15, -0.1) is 0 Å². The Bertz CT molecular complexity index is 484. The minimum Gasteiger partial charge on any atom is -0.465 e. The molecule has 116 valence electrons. The summed E-state index contributed by atoms with van der Waals surface area (Å²) in [5.74, 6) is -0.403. The van der Waals surface area contributed by atoms with Crippen molar-refractivity contribution in [2.45, 2.75) is 31.7 Å². The van der Waals surface area contributed by atoms with E-state index < -0.39 is 5.97 Å². The Morgan fingerprint density at radius 1 is 1.43 bits per heavy atom. The SMILES string of the molecule is COC(=O)c1cc(NCCN(C)C2CCCC2)ccc1N. The number of nitrogens with zero attached hydrogens (tertiary/aromatic N) is 1. The topological polar surface area (TPSA) is 67.6 Å². The smallest absolute Gasteiger partial charge is 0.340 e. The van der Waals surface area contributed by atoms with Gasteiger partial charge in [0.25, 0.3) is 0 Å². The number of nitrogen functional groups attached to an aromatic ring is 1. The summed E-state index contributed by atoms with van der Waals surface area (Å²) in [5.41, 5.74) is 7.53. The summed E-state index contributed by atoms with van der Waals surface area (Å²) in [5, 5.41) is 3.34. The third-order valence-corrected chi connectivity index (χ3v) is 4.20. The van der Waals surface area contributed by atoms with Gasteiger partial charge in [-0.3, -0.25) is 0 Å². The molecule has 1 aliphatic carbocycles. The molecule has 0 saturated heterocycles. The normalized spacial score (nSPS) is 15.4. The van der Waals surface area contributed by atoms with Crippen LogP contribution in [0.3, 0.4) is 0 Å². The molecule has 0 spiro atoms. The summed E-state index contributed by atoms with van der Waals surface area (Å²) in [6, 6.07) is 6.09. The van der Waals surface area contributed by atoms with Crippen LogP contribution in [0.4, 0.5) is 11.4 Å². The molecule has 0 radical (unpaired) electrons. The van der Waals surface area contributed by atoms with Crippen LogP contribution in [-0.2, 0) is 4.74 Å².